The Morgan fingerprint density at radius 3 is 2.35 bits per heavy atom. The second-order valence-corrected chi connectivity index (χ2v) is 5.32. The van der Waals surface area contributed by atoms with Gasteiger partial charge in [0.1, 0.15) is 5.82 Å². The Labute approximate surface area is 119 Å². The molecule has 1 aliphatic rings. The van der Waals surface area contributed by atoms with Crippen molar-refractivity contribution in [2.45, 2.75) is 33.7 Å². The molecule has 1 aromatic heterocycles. The van der Waals surface area contributed by atoms with E-state index in [1.54, 1.807) is 20.0 Å². The highest BCUT2D eigenvalue weighted by Gasteiger charge is 2.41. The van der Waals surface area contributed by atoms with E-state index in [1.165, 1.54) is 4.90 Å². The molecule has 0 saturated carbocycles. The van der Waals surface area contributed by atoms with Gasteiger partial charge in [-0.2, -0.15) is 0 Å². The van der Waals surface area contributed by atoms with Crippen molar-refractivity contribution in [2.75, 3.05) is 11.9 Å². The number of amides is 2. The minimum absolute atomic E-state index is 0.0873. The summed E-state index contributed by atoms with van der Waals surface area (Å²) in [5, 5.41) is 3.19. The van der Waals surface area contributed by atoms with Crippen LogP contribution in [0.25, 0.3) is 0 Å². The molecule has 5 nitrogen and oxygen atoms in total. The maximum Gasteiger partial charge on any atom is 0.233 e. The molecule has 2 unspecified atom stereocenters. The van der Waals surface area contributed by atoms with E-state index in [4.69, 9.17) is 0 Å². The van der Waals surface area contributed by atoms with Crippen LogP contribution in [0.2, 0.25) is 0 Å². The summed E-state index contributed by atoms with van der Waals surface area (Å²) in [7, 11) is 0. The highest BCUT2D eigenvalue weighted by molar-refractivity contribution is 6.04. The van der Waals surface area contributed by atoms with Crippen LogP contribution in [0, 0.1) is 11.8 Å². The van der Waals surface area contributed by atoms with Crippen molar-refractivity contribution in [3.8, 4) is 0 Å². The zero-order valence-corrected chi connectivity index (χ0v) is 12.2. The molecule has 2 heterocycles. The lowest BCUT2D eigenvalue weighted by Crippen LogP contribution is -2.30. The summed E-state index contributed by atoms with van der Waals surface area (Å²) >= 11 is 0. The van der Waals surface area contributed by atoms with Gasteiger partial charge in [-0.05, 0) is 18.1 Å². The third-order valence-electron chi connectivity index (χ3n) is 3.78. The SMILES string of the molecule is CCCNc1ccc(CN2C(=O)C(C)C(C)C2=O)cn1. The van der Waals surface area contributed by atoms with E-state index >= 15 is 0 Å². The van der Waals surface area contributed by atoms with Gasteiger partial charge in [0, 0.05) is 24.6 Å². The van der Waals surface area contributed by atoms with E-state index in [9.17, 15) is 9.59 Å². The fourth-order valence-corrected chi connectivity index (χ4v) is 2.24. The van der Waals surface area contributed by atoms with E-state index in [0.717, 1.165) is 24.3 Å². The molecule has 2 atom stereocenters. The van der Waals surface area contributed by atoms with Crippen LogP contribution in [-0.4, -0.2) is 28.2 Å². The summed E-state index contributed by atoms with van der Waals surface area (Å²) in [5.41, 5.74) is 0.870. The Bertz CT molecular complexity index is 478. The predicted octanol–water partition coefficient (Wildman–Crippen LogP) is 2.04. The second-order valence-electron chi connectivity index (χ2n) is 5.32. The number of carbonyl (C=O) groups excluding carboxylic acids is 2. The number of imide groups is 1. The first-order valence-corrected chi connectivity index (χ1v) is 7.08. The van der Waals surface area contributed by atoms with E-state index in [0.29, 0.717) is 6.54 Å². The number of pyridine rings is 1. The summed E-state index contributed by atoms with van der Waals surface area (Å²) in [4.78, 5) is 29.6. The van der Waals surface area contributed by atoms with Crippen molar-refractivity contribution >= 4 is 17.6 Å². The number of hydrogen-bond donors (Lipinski definition) is 1. The quantitative estimate of drug-likeness (QED) is 0.835. The van der Waals surface area contributed by atoms with Gasteiger partial charge in [-0.15, -0.1) is 0 Å². The molecule has 2 amide bonds. The lowest BCUT2D eigenvalue weighted by Gasteiger charge is -2.14. The van der Waals surface area contributed by atoms with Crippen molar-refractivity contribution in [2.24, 2.45) is 11.8 Å². The van der Waals surface area contributed by atoms with Gasteiger partial charge in [0.2, 0.25) is 11.8 Å². The summed E-state index contributed by atoms with van der Waals surface area (Å²) in [5.74, 6) is 0.199. The fourth-order valence-electron chi connectivity index (χ4n) is 2.24. The monoisotopic (exact) mass is 275 g/mol. The fraction of sp³-hybridized carbons (Fsp3) is 0.533. The van der Waals surface area contributed by atoms with Crippen LogP contribution in [0.4, 0.5) is 5.82 Å². The molecule has 0 aromatic carbocycles. The lowest BCUT2D eigenvalue weighted by molar-refractivity contribution is -0.140. The lowest BCUT2D eigenvalue weighted by atomic mass is 10.00. The van der Waals surface area contributed by atoms with Gasteiger partial charge in [0.05, 0.1) is 6.54 Å². The number of nitrogens with one attached hydrogen (secondary N) is 1. The molecule has 108 valence electrons. The molecular formula is C15H21N3O2. The van der Waals surface area contributed by atoms with Crippen LogP contribution in [0.5, 0.6) is 0 Å². The average molecular weight is 275 g/mol. The topological polar surface area (TPSA) is 62.3 Å². The zero-order chi connectivity index (χ0) is 14.7. The smallest absolute Gasteiger partial charge is 0.233 e. The van der Waals surface area contributed by atoms with E-state index in [2.05, 4.69) is 17.2 Å². The van der Waals surface area contributed by atoms with Gasteiger partial charge in [0.15, 0.2) is 0 Å². The Kier molecular flexibility index (Phi) is 4.37. The van der Waals surface area contributed by atoms with Crippen LogP contribution in [0.1, 0.15) is 32.8 Å². The maximum atomic E-state index is 12.0. The van der Waals surface area contributed by atoms with E-state index in [1.807, 2.05) is 12.1 Å². The van der Waals surface area contributed by atoms with Gasteiger partial charge in [-0.1, -0.05) is 26.8 Å². The Balaban J connectivity index is 2.03. The number of aromatic nitrogens is 1. The minimum atomic E-state index is -0.221. The minimum Gasteiger partial charge on any atom is -0.370 e. The average Bonchev–Trinajstić information content (AvgIpc) is 2.64. The molecule has 0 spiro atoms. The van der Waals surface area contributed by atoms with Gasteiger partial charge < -0.3 is 5.32 Å². The molecule has 1 aliphatic heterocycles. The molecule has 5 heteroatoms. The van der Waals surface area contributed by atoms with Crippen molar-refractivity contribution in [3.63, 3.8) is 0 Å². The number of rotatable bonds is 5. The molecule has 0 radical (unpaired) electrons. The molecule has 20 heavy (non-hydrogen) atoms. The standard InChI is InChI=1S/C15H21N3O2/c1-4-7-16-13-6-5-12(8-17-13)9-18-14(19)10(2)11(3)15(18)20/h5-6,8,10-11H,4,7,9H2,1-3H3,(H,16,17). The molecule has 1 saturated heterocycles. The number of anilines is 1. The molecule has 0 aliphatic carbocycles. The predicted molar refractivity (Wildman–Crippen MR) is 76.9 cm³/mol. The maximum absolute atomic E-state index is 12.0. The first kappa shape index (κ1) is 14.5. The second kappa shape index (κ2) is 6.03. The van der Waals surface area contributed by atoms with Gasteiger partial charge in [-0.25, -0.2) is 4.98 Å². The van der Waals surface area contributed by atoms with Gasteiger partial charge >= 0.3 is 0 Å². The molecule has 1 N–H and O–H groups in total. The van der Waals surface area contributed by atoms with Crippen LogP contribution in [0.15, 0.2) is 18.3 Å². The summed E-state index contributed by atoms with van der Waals surface area (Å²) < 4.78 is 0. The number of carbonyl (C=O) groups is 2. The molecule has 1 fully saturated rings. The van der Waals surface area contributed by atoms with E-state index in [-0.39, 0.29) is 23.7 Å². The molecule has 0 bridgehead atoms. The van der Waals surface area contributed by atoms with Gasteiger partial charge in [0.25, 0.3) is 0 Å². The first-order chi connectivity index (χ1) is 9.54. The highest BCUT2D eigenvalue weighted by Crippen LogP contribution is 2.26. The molecule has 1 aromatic rings. The van der Waals surface area contributed by atoms with Gasteiger partial charge in [-0.3, -0.25) is 14.5 Å². The molecular weight excluding hydrogens is 254 g/mol. The van der Waals surface area contributed by atoms with Crippen molar-refractivity contribution in [1.82, 2.24) is 9.88 Å². The first-order valence-electron chi connectivity index (χ1n) is 7.08. The van der Waals surface area contributed by atoms with Crippen molar-refractivity contribution in [1.29, 1.82) is 0 Å². The number of nitrogens with zero attached hydrogens (tertiary/aromatic N) is 2. The number of hydrogen-bond acceptors (Lipinski definition) is 4. The molecule has 2 rings (SSSR count). The Morgan fingerprint density at radius 1 is 1.20 bits per heavy atom. The van der Waals surface area contributed by atoms with Crippen LogP contribution >= 0.6 is 0 Å². The van der Waals surface area contributed by atoms with Crippen LogP contribution < -0.4 is 5.32 Å². The Morgan fingerprint density at radius 2 is 1.85 bits per heavy atom. The number of likely N-dealkylation sites (tertiary alicyclic amines) is 1. The Hall–Kier alpha value is -1.91. The summed E-state index contributed by atoms with van der Waals surface area (Å²) in [6.45, 7) is 6.90. The zero-order valence-electron chi connectivity index (χ0n) is 12.2. The van der Waals surface area contributed by atoms with Crippen molar-refractivity contribution in [3.05, 3.63) is 23.9 Å². The largest absolute Gasteiger partial charge is 0.370 e. The van der Waals surface area contributed by atoms with Crippen LogP contribution in [-0.2, 0) is 16.1 Å². The van der Waals surface area contributed by atoms with E-state index < -0.39 is 0 Å². The van der Waals surface area contributed by atoms with Crippen molar-refractivity contribution < 1.29 is 9.59 Å². The normalized spacial score (nSPS) is 22.4. The third kappa shape index (κ3) is 2.81. The summed E-state index contributed by atoms with van der Waals surface area (Å²) in [6, 6.07) is 3.78. The highest BCUT2D eigenvalue weighted by atomic mass is 16.2. The van der Waals surface area contributed by atoms with Crippen LogP contribution in [0.3, 0.4) is 0 Å². The summed E-state index contributed by atoms with van der Waals surface area (Å²) in [6.07, 6.45) is 2.75. The third-order valence-corrected chi connectivity index (χ3v) is 3.78.